The van der Waals surface area contributed by atoms with Crippen LogP contribution in [0.4, 0.5) is 5.69 Å². The highest BCUT2D eigenvalue weighted by atomic mass is 32.2. The van der Waals surface area contributed by atoms with Gasteiger partial charge in [-0.1, -0.05) is 62.4 Å². The molecule has 1 heterocycles. The van der Waals surface area contributed by atoms with Crippen LogP contribution >= 0.6 is 11.8 Å². The average molecular weight is 368 g/mol. The molecule has 0 bridgehead atoms. The van der Waals surface area contributed by atoms with E-state index in [1.54, 1.807) is 6.08 Å². The number of allylic oxidation sites excluding steroid dienone is 2. The van der Waals surface area contributed by atoms with Crippen LogP contribution in [0.25, 0.3) is 0 Å². The summed E-state index contributed by atoms with van der Waals surface area (Å²) in [5.74, 6) is 0.962. The van der Waals surface area contributed by atoms with Gasteiger partial charge >= 0.3 is 0 Å². The van der Waals surface area contributed by atoms with Crippen molar-refractivity contribution < 1.29 is 9.90 Å². The maximum atomic E-state index is 12.5. The smallest absolute Gasteiger partial charge is 0.167 e. The standard InChI is InChI=1S/C22H25NO2S/c1-22(2)18-11-7-8-12-19(18)23(3)21(22)13-17(24)14-26-15-20(25)16-9-5-4-6-10-16/h4-13,20,25H,14-15H2,1-3H3/b21-13-/t20-/m1/s1. The van der Waals surface area contributed by atoms with Crippen LogP contribution in [0.2, 0.25) is 0 Å². The molecular weight excluding hydrogens is 342 g/mol. The number of hydrogen-bond acceptors (Lipinski definition) is 4. The number of anilines is 1. The molecule has 0 radical (unpaired) electrons. The van der Waals surface area contributed by atoms with Crippen LogP contribution in [-0.2, 0) is 10.2 Å². The molecule has 0 unspecified atom stereocenters. The summed E-state index contributed by atoms with van der Waals surface area (Å²) in [6, 6.07) is 17.8. The number of ketones is 1. The van der Waals surface area contributed by atoms with E-state index in [0.29, 0.717) is 11.5 Å². The summed E-state index contributed by atoms with van der Waals surface area (Å²) >= 11 is 1.47. The summed E-state index contributed by atoms with van der Waals surface area (Å²) in [5, 5.41) is 10.2. The summed E-state index contributed by atoms with van der Waals surface area (Å²) in [5.41, 5.74) is 4.12. The molecule has 1 atom stereocenters. The topological polar surface area (TPSA) is 40.5 Å². The van der Waals surface area contributed by atoms with E-state index >= 15 is 0 Å². The Morgan fingerprint density at radius 3 is 2.50 bits per heavy atom. The van der Waals surface area contributed by atoms with Crippen molar-refractivity contribution in [2.24, 2.45) is 0 Å². The molecule has 0 saturated heterocycles. The molecule has 26 heavy (non-hydrogen) atoms. The molecule has 3 rings (SSSR count). The normalized spacial score (nSPS) is 18.0. The molecule has 0 fully saturated rings. The molecular formula is C22H25NO2S. The van der Waals surface area contributed by atoms with Crippen LogP contribution in [0.5, 0.6) is 0 Å². The van der Waals surface area contributed by atoms with Crippen molar-refractivity contribution in [2.75, 3.05) is 23.5 Å². The lowest BCUT2D eigenvalue weighted by molar-refractivity contribution is -0.112. The first kappa shape index (κ1) is 18.7. The molecule has 1 aliphatic heterocycles. The van der Waals surface area contributed by atoms with Crippen molar-refractivity contribution >= 4 is 23.2 Å². The van der Waals surface area contributed by atoms with E-state index in [9.17, 15) is 9.90 Å². The minimum Gasteiger partial charge on any atom is -0.388 e. The third-order valence-corrected chi connectivity index (χ3v) is 5.98. The number of carbonyl (C=O) groups is 1. The van der Waals surface area contributed by atoms with Crippen LogP contribution in [0.15, 0.2) is 66.4 Å². The molecule has 2 aromatic rings. The Hall–Kier alpha value is -2.04. The van der Waals surface area contributed by atoms with Crippen LogP contribution in [0.3, 0.4) is 0 Å². The van der Waals surface area contributed by atoms with Gasteiger partial charge in [0, 0.05) is 35.7 Å². The molecule has 4 heteroatoms. The molecule has 0 amide bonds. The van der Waals surface area contributed by atoms with E-state index in [4.69, 9.17) is 0 Å². The van der Waals surface area contributed by atoms with Gasteiger partial charge in [-0.25, -0.2) is 0 Å². The second kappa shape index (κ2) is 7.68. The summed E-state index contributed by atoms with van der Waals surface area (Å²) in [6.45, 7) is 4.31. The number of aliphatic hydroxyl groups excluding tert-OH is 1. The molecule has 0 aliphatic carbocycles. The molecule has 0 aromatic heterocycles. The highest BCUT2D eigenvalue weighted by Crippen LogP contribution is 2.46. The molecule has 3 nitrogen and oxygen atoms in total. The van der Waals surface area contributed by atoms with Gasteiger partial charge in [0.15, 0.2) is 5.78 Å². The van der Waals surface area contributed by atoms with E-state index in [1.807, 2.05) is 49.5 Å². The van der Waals surface area contributed by atoms with Gasteiger partial charge in [0.2, 0.25) is 0 Å². The lowest BCUT2D eigenvalue weighted by atomic mass is 9.83. The number of thioether (sulfide) groups is 1. The Morgan fingerprint density at radius 1 is 1.15 bits per heavy atom. The zero-order chi connectivity index (χ0) is 18.7. The van der Waals surface area contributed by atoms with Crippen molar-refractivity contribution in [1.82, 2.24) is 0 Å². The Balaban J connectivity index is 1.63. The molecule has 1 N–H and O–H groups in total. The number of aliphatic hydroxyl groups is 1. The second-order valence-corrected chi connectivity index (χ2v) is 8.17. The van der Waals surface area contributed by atoms with Crippen molar-refractivity contribution in [3.63, 3.8) is 0 Å². The number of fused-ring (bicyclic) bond motifs is 1. The maximum Gasteiger partial charge on any atom is 0.167 e. The number of hydrogen-bond donors (Lipinski definition) is 1. The Morgan fingerprint density at radius 2 is 1.81 bits per heavy atom. The first-order valence-electron chi connectivity index (χ1n) is 8.80. The van der Waals surface area contributed by atoms with E-state index in [-0.39, 0.29) is 11.2 Å². The highest BCUT2D eigenvalue weighted by Gasteiger charge is 2.38. The van der Waals surface area contributed by atoms with Crippen molar-refractivity contribution in [3.05, 3.63) is 77.5 Å². The number of likely N-dealkylation sites (N-methyl/N-ethyl adjacent to an activating group) is 1. The van der Waals surface area contributed by atoms with Gasteiger partial charge in [-0.3, -0.25) is 4.79 Å². The van der Waals surface area contributed by atoms with Gasteiger partial charge in [0.05, 0.1) is 11.9 Å². The maximum absolute atomic E-state index is 12.5. The van der Waals surface area contributed by atoms with Crippen LogP contribution in [0.1, 0.15) is 31.1 Å². The van der Waals surface area contributed by atoms with Gasteiger partial charge in [0.1, 0.15) is 0 Å². The summed E-state index contributed by atoms with van der Waals surface area (Å²) in [6.07, 6.45) is 1.22. The minimum absolute atomic E-state index is 0.0815. The fraction of sp³-hybridized carbons (Fsp3) is 0.318. The Kier molecular flexibility index (Phi) is 5.54. The molecule has 2 aromatic carbocycles. The quantitative estimate of drug-likeness (QED) is 0.772. The lowest BCUT2D eigenvalue weighted by Gasteiger charge is -2.24. The van der Waals surface area contributed by atoms with Gasteiger partial charge in [-0.05, 0) is 17.2 Å². The number of para-hydroxylation sites is 1. The highest BCUT2D eigenvalue weighted by molar-refractivity contribution is 8.00. The number of rotatable bonds is 6. The van der Waals surface area contributed by atoms with E-state index in [0.717, 1.165) is 16.9 Å². The molecule has 0 saturated carbocycles. The largest absolute Gasteiger partial charge is 0.388 e. The number of benzene rings is 2. The van der Waals surface area contributed by atoms with Crippen LogP contribution in [0, 0.1) is 0 Å². The van der Waals surface area contributed by atoms with Crippen molar-refractivity contribution in [2.45, 2.75) is 25.4 Å². The third-order valence-electron chi connectivity index (χ3n) is 4.94. The van der Waals surface area contributed by atoms with E-state index < -0.39 is 6.10 Å². The first-order valence-corrected chi connectivity index (χ1v) is 9.95. The van der Waals surface area contributed by atoms with Crippen molar-refractivity contribution in [1.29, 1.82) is 0 Å². The predicted molar refractivity (Wildman–Crippen MR) is 110 cm³/mol. The van der Waals surface area contributed by atoms with E-state index in [2.05, 4.69) is 30.9 Å². The fourth-order valence-corrected chi connectivity index (χ4v) is 4.31. The first-order chi connectivity index (χ1) is 12.4. The third kappa shape index (κ3) is 3.71. The number of carbonyl (C=O) groups excluding carboxylic acids is 1. The summed E-state index contributed by atoms with van der Waals surface area (Å²) < 4.78 is 0. The fourth-order valence-electron chi connectivity index (χ4n) is 3.50. The summed E-state index contributed by atoms with van der Waals surface area (Å²) in [7, 11) is 2.01. The zero-order valence-electron chi connectivity index (χ0n) is 15.5. The predicted octanol–water partition coefficient (Wildman–Crippen LogP) is 4.33. The van der Waals surface area contributed by atoms with Gasteiger partial charge in [-0.2, -0.15) is 11.8 Å². The van der Waals surface area contributed by atoms with Gasteiger partial charge in [0.25, 0.3) is 0 Å². The van der Waals surface area contributed by atoms with Crippen molar-refractivity contribution in [3.8, 4) is 0 Å². The van der Waals surface area contributed by atoms with Gasteiger partial charge < -0.3 is 10.0 Å². The summed E-state index contributed by atoms with van der Waals surface area (Å²) in [4.78, 5) is 14.6. The molecule has 1 aliphatic rings. The lowest BCUT2D eigenvalue weighted by Crippen LogP contribution is -2.24. The van der Waals surface area contributed by atoms with Gasteiger partial charge in [-0.15, -0.1) is 0 Å². The SMILES string of the molecule is CN1/C(=C\C(=O)CSC[C@@H](O)c2ccccc2)C(C)(C)c2ccccc21. The Labute approximate surface area is 159 Å². The molecule has 136 valence electrons. The van der Waals surface area contributed by atoms with Crippen LogP contribution < -0.4 is 4.90 Å². The monoisotopic (exact) mass is 367 g/mol. The zero-order valence-corrected chi connectivity index (χ0v) is 16.3. The van der Waals surface area contributed by atoms with E-state index in [1.165, 1.54) is 17.3 Å². The molecule has 0 spiro atoms. The average Bonchev–Trinajstić information content (AvgIpc) is 2.83. The Bertz CT molecular complexity index is 814. The minimum atomic E-state index is -0.545. The second-order valence-electron chi connectivity index (χ2n) is 7.14. The van der Waals surface area contributed by atoms with Crippen LogP contribution in [-0.4, -0.2) is 29.4 Å². The number of nitrogens with zero attached hydrogens (tertiary/aromatic N) is 1.